The lowest BCUT2D eigenvalue weighted by molar-refractivity contribution is 0.769. The SMILES string of the molecule is CCC(C)PC(C)(C)C. The van der Waals surface area contributed by atoms with Crippen molar-refractivity contribution in [3.05, 3.63) is 0 Å². The summed E-state index contributed by atoms with van der Waals surface area (Å²) < 4.78 is 0. The van der Waals surface area contributed by atoms with Crippen molar-refractivity contribution in [2.45, 2.75) is 51.9 Å². The topological polar surface area (TPSA) is 0 Å². The summed E-state index contributed by atoms with van der Waals surface area (Å²) in [6.45, 7) is 11.6. The summed E-state index contributed by atoms with van der Waals surface area (Å²) in [5.41, 5.74) is 0.921. The Morgan fingerprint density at radius 2 is 1.78 bits per heavy atom. The second-order valence-corrected chi connectivity index (χ2v) is 6.48. The highest BCUT2D eigenvalue weighted by Crippen LogP contribution is 2.35. The first-order chi connectivity index (χ1) is 3.95. The fourth-order valence-electron chi connectivity index (χ4n) is 0.841. The minimum atomic E-state index is 0.551. The van der Waals surface area contributed by atoms with E-state index in [9.17, 15) is 0 Å². The van der Waals surface area contributed by atoms with Crippen LogP contribution in [0.3, 0.4) is 0 Å². The van der Waals surface area contributed by atoms with Crippen LogP contribution in [0.15, 0.2) is 0 Å². The molecule has 0 radical (unpaired) electrons. The van der Waals surface area contributed by atoms with E-state index in [-0.39, 0.29) is 0 Å². The summed E-state index contributed by atoms with van der Waals surface area (Å²) in [7, 11) is 1.12. The van der Waals surface area contributed by atoms with Crippen LogP contribution in [-0.4, -0.2) is 10.8 Å². The van der Waals surface area contributed by atoms with Crippen molar-refractivity contribution in [3.63, 3.8) is 0 Å². The van der Waals surface area contributed by atoms with Gasteiger partial charge in [0, 0.05) is 0 Å². The number of hydrogen-bond acceptors (Lipinski definition) is 0. The Kier molecular flexibility index (Phi) is 3.73. The molecule has 0 aliphatic carbocycles. The summed E-state index contributed by atoms with van der Waals surface area (Å²) in [6.07, 6.45) is 1.33. The average Bonchev–Trinajstić information content (AvgIpc) is 1.62. The van der Waals surface area contributed by atoms with Crippen LogP contribution in [0, 0.1) is 0 Å². The molecule has 0 aliphatic rings. The second kappa shape index (κ2) is 3.56. The van der Waals surface area contributed by atoms with Crippen LogP contribution < -0.4 is 0 Å². The Hall–Kier alpha value is 0.430. The van der Waals surface area contributed by atoms with Crippen LogP contribution in [0.1, 0.15) is 41.0 Å². The van der Waals surface area contributed by atoms with Crippen molar-refractivity contribution in [1.29, 1.82) is 0 Å². The zero-order valence-corrected chi connectivity index (χ0v) is 8.28. The normalized spacial score (nSPS) is 17.0. The molecule has 2 unspecified atom stereocenters. The van der Waals surface area contributed by atoms with Crippen LogP contribution >= 0.6 is 8.58 Å². The molecule has 0 nitrogen and oxygen atoms in total. The zero-order chi connectivity index (χ0) is 7.49. The van der Waals surface area contributed by atoms with Crippen LogP contribution in [0.25, 0.3) is 0 Å². The molecule has 0 amide bonds. The van der Waals surface area contributed by atoms with Crippen molar-refractivity contribution in [1.82, 2.24) is 0 Å². The van der Waals surface area contributed by atoms with Crippen LogP contribution in [0.4, 0.5) is 0 Å². The molecule has 2 atom stereocenters. The summed E-state index contributed by atoms with van der Waals surface area (Å²) in [4.78, 5) is 0. The molecule has 0 saturated heterocycles. The quantitative estimate of drug-likeness (QED) is 0.524. The molecule has 0 heterocycles. The Labute approximate surface area is 61.2 Å². The van der Waals surface area contributed by atoms with Gasteiger partial charge >= 0.3 is 0 Å². The van der Waals surface area contributed by atoms with Gasteiger partial charge < -0.3 is 0 Å². The monoisotopic (exact) mass is 146 g/mol. The predicted octanol–water partition coefficient (Wildman–Crippen LogP) is 3.26. The van der Waals surface area contributed by atoms with Crippen LogP contribution in [0.5, 0.6) is 0 Å². The molecule has 0 aliphatic heterocycles. The van der Waals surface area contributed by atoms with Gasteiger partial charge in [0.1, 0.15) is 0 Å². The van der Waals surface area contributed by atoms with E-state index in [1.54, 1.807) is 0 Å². The molecule has 0 N–H and O–H groups in total. The third-order valence-electron chi connectivity index (χ3n) is 1.29. The summed E-state index contributed by atoms with van der Waals surface area (Å²) >= 11 is 0. The standard InChI is InChI=1S/C8H19P/c1-6-7(2)9-8(3,4)5/h7,9H,6H2,1-5H3. The fraction of sp³-hybridized carbons (Fsp3) is 1.00. The van der Waals surface area contributed by atoms with Crippen molar-refractivity contribution >= 4 is 8.58 Å². The molecule has 0 aromatic rings. The van der Waals surface area contributed by atoms with Gasteiger partial charge in [-0.05, 0) is 17.2 Å². The smallest absolute Gasteiger partial charge is 0.0204 e. The zero-order valence-electron chi connectivity index (χ0n) is 7.28. The predicted molar refractivity (Wildman–Crippen MR) is 47.8 cm³/mol. The summed E-state index contributed by atoms with van der Waals surface area (Å²) in [6, 6.07) is 0. The Balaban J connectivity index is 3.47. The highest BCUT2D eigenvalue weighted by Gasteiger charge is 2.12. The van der Waals surface area contributed by atoms with E-state index in [4.69, 9.17) is 0 Å². The molecule has 0 spiro atoms. The maximum absolute atomic E-state index is 2.34. The fourth-order valence-corrected chi connectivity index (χ4v) is 2.52. The Morgan fingerprint density at radius 3 is 1.89 bits per heavy atom. The summed E-state index contributed by atoms with van der Waals surface area (Å²) in [5.74, 6) is 0. The lowest BCUT2D eigenvalue weighted by atomic mass is 10.3. The molecule has 0 aromatic carbocycles. The minimum Gasteiger partial charge on any atom is -0.114 e. The van der Waals surface area contributed by atoms with E-state index < -0.39 is 0 Å². The van der Waals surface area contributed by atoms with Crippen molar-refractivity contribution in [3.8, 4) is 0 Å². The molecular weight excluding hydrogens is 127 g/mol. The molecule has 0 saturated carbocycles. The average molecular weight is 146 g/mol. The molecule has 0 aromatic heterocycles. The molecule has 0 bridgehead atoms. The van der Waals surface area contributed by atoms with Gasteiger partial charge in [0.05, 0.1) is 0 Å². The molecule has 56 valence electrons. The van der Waals surface area contributed by atoms with Gasteiger partial charge in [-0.1, -0.05) is 34.6 Å². The van der Waals surface area contributed by atoms with E-state index in [1.165, 1.54) is 6.42 Å². The van der Waals surface area contributed by atoms with Gasteiger partial charge in [-0.25, -0.2) is 0 Å². The van der Waals surface area contributed by atoms with Gasteiger partial charge in [-0.3, -0.25) is 0 Å². The lowest BCUT2D eigenvalue weighted by Gasteiger charge is -2.22. The Bertz CT molecular complexity index is 71.1. The van der Waals surface area contributed by atoms with Crippen molar-refractivity contribution < 1.29 is 0 Å². The first-order valence-electron chi connectivity index (χ1n) is 3.73. The number of hydrogen-bond donors (Lipinski definition) is 0. The maximum Gasteiger partial charge on any atom is -0.0204 e. The van der Waals surface area contributed by atoms with Gasteiger partial charge in [-0.15, -0.1) is 8.58 Å². The van der Waals surface area contributed by atoms with Crippen LogP contribution in [0.2, 0.25) is 0 Å². The highest BCUT2D eigenvalue weighted by molar-refractivity contribution is 7.40. The van der Waals surface area contributed by atoms with Gasteiger partial charge in [-0.2, -0.15) is 0 Å². The molecule has 0 rings (SSSR count). The van der Waals surface area contributed by atoms with Crippen molar-refractivity contribution in [2.24, 2.45) is 0 Å². The molecule has 0 fully saturated rings. The van der Waals surface area contributed by atoms with E-state index >= 15 is 0 Å². The lowest BCUT2D eigenvalue weighted by Crippen LogP contribution is -2.09. The second-order valence-electron chi connectivity index (χ2n) is 3.70. The van der Waals surface area contributed by atoms with E-state index in [2.05, 4.69) is 34.6 Å². The number of rotatable bonds is 2. The van der Waals surface area contributed by atoms with Crippen LogP contribution in [-0.2, 0) is 0 Å². The molecule has 1 heteroatoms. The first-order valence-corrected chi connectivity index (χ1v) is 4.81. The van der Waals surface area contributed by atoms with E-state index in [1.807, 2.05) is 0 Å². The molecular formula is C8H19P. The first kappa shape index (κ1) is 9.43. The van der Waals surface area contributed by atoms with Crippen molar-refractivity contribution in [2.75, 3.05) is 0 Å². The van der Waals surface area contributed by atoms with Gasteiger partial charge in [0.25, 0.3) is 0 Å². The van der Waals surface area contributed by atoms with Gasteiger partial charge in [0.2, 0.25) is 0 Å². The third-order valence-corrected chi connectivity index (χ3v) is 3.06. The van der Waals surface area contributed by atoms with E-state index in [0.29, 0.717) is 5.16 Å². The Morgan fingerprint density at radius 1 is 1.33 bits per heavy atom. The highest BCUT2D eigenvalue weighted by atomic mass is 31.1. The maximum atomic E-state index is 2.34. The minimum absolute atomic E-state index is 0.551. The van der Waals surface area contributed by atoms with E-state index in [0.717, 1.165) is 14.2 Å². The molecule has 9 heavy (non-hydrogen) atoms. The summed E-state index contributed by atoms with van der Waals surface area (Å²) in [5, 5.41) is 0.551. The largest absolute Gasteiger partial charge is 0.114 e. The van der Waals surface area contributed by atoms with Gasteiger partial charge in [0.15, 0.2) is 0 Å². The third kappa shape index (κ3) is 6.31.